The molecule has 1 heterocycles. The van der Waals surface area contributed by atoms with Crippen LogP contribution in [0.1, 0.15) is 24.0 Å². The summed E-state index contributed by atoms with van der Waals surface area (Å²) in [5.41, 5.74) is 2.10. The van der Waals surface area contributed by atoms with E-state index in [-0.39, 0.29) is 17.9 Å². The number of hydrogen-bond acceptors (Lipinski definition) is 5. The van der Waals surface area contributed by atoms with Crippen molar-refractivity contribution >= 4 is 5.91 Å². The van der Waals surface area contributed by atoms with E-state index in [2.05, 4.69) is 32.5 Å². The molecule has 2 N–H and O–H groups in total. The van der Waals surface area contributed by atoms with E-state index in [0.717, 1.165) is 18.5 Å². The fourth-order valence-electron chi connectivity index (χ4n) is 3.46. The highest BCUT2D eigenvalue weighted by atomic mass is 16.3. The summed E-state index contributed by atoms with van der Waals surface area (Å²) in [4.78, 5) is 14.6. The Morgan fingerprint density at radius 2 is 2.00 bits per heavy atom. The molecule has 1 fully saturated rings. The summed E-state index contributed by atoms with van der Waals surface area (Å²) in [5.74, 6) is -0.460. The van der Waals surface area contributed by atoms with Gasteiger partial charge in [0.2, 0.25) is 5.91 Å². The molecule has 0 saturated heterocycles. The van der Waals surface area contributed by atoms with Gasteiger partial charge in [-0.1, -0.05) is 30.3 Å². The molecule has 0 radical (unpaired) electrons. The van der Waals surface area contributed by atoms with Crippen LogP contribution in [0.2, 0.25) is 0 Å². The van der Waals surface area contributed by atoms with E-state index in [1.165, 1.54) is 5.56 Å². The van der Waals surface area contributed by atoms with Gasteiger partial charge in [-0.3, -0.25) is 9.69 Å². The zero-order valence-corrected chi connectivity index (χ0v) is 14.4. The van der Waals surface area contributed by atoms with E-state index < -0.39 is 6.10 Å². The van der Waals surface area contributed by atoms with Crippen LogP contribution in [0.15, 0.2) is 48.8 Å². The van der Waals surface area contributed by atoms with Crippen LogP contribution in [0.25, 0.3) is 0 Å². The number of aliphatic hydroxyl groups is 1. The van der Waals surface area contributed by atoms with E-state index >= 15 is 0 Å². The number of amides is 1. The number of likely N-dealkylation sites (N-methyl/N-ethyl adjacent to an activating group) is 1. The van der Waals surface area contributed by atoms with Crippen molar-refractivity contribution in [1.82, 2.24) is 20.4 Å². The van der Waals surface area contributed by atoms with Gasteiger partial charge in [-0.15, -0.1) is 0 Å². The van der Waals surface area contributed by atoms with Gasteiger partial charge in [-0.25, -0.2) is 0 Å². The van der Waals surface area contributed by atoms with E-state index in [9.17, 15) is 9.90 Å². The molecule has 2 aromatic rings. The lowest BCUT2D eigenvalue weighted by Gasteiger charge is -2.28. The Bertz CT molecular complexity index is 680. The number of carbonyl (C=O) groups excluding carboxylic acids is 1. The molecular weight excluding hydrogens is 316 g/mol. The third-order valence-corrected chi connectivity index (χ3v) is 4.87. The SMILES string of the molecule is CN(Cc1ccccc1)[C@@H]1CC[C@@H](C(=O)NCc2ccnnc2)[C@@H]1O. The van der Waals surface area contributed by atoms with Crippen molar-refractivity contribution in [3.8, 4) is 0 Å². The van der Waals surface area contributed by atoms with Crippen LogP contribution < -0.4 is 5.32 Å². The second-order valence-corrected chi connectivity index (χ2v) is 6.61. The van der Waals surface area contributed by atoms with Gasteiger partial charge in [0, 0.05) is 25.3 Å². The molecule has 1 saturated carbocycles. The van der Waals surface area contributed by atoms with Gasteiger partial charge in [0.15, 0.2) is 0 Å². The minimum atomic E-state index is -0.649. The molecule has 1 aromatic heterocycles. The lowest BCUT2D eigenvalue weighted by atomic mass is 10.0. The van der Waals surface area contributed by atoms with Crippen molar-refractivity contribution in [2.45, 2.75) is 38.1 Å². The molecule has 0 spiro atoms. The number of benzene rings is 1. The number of carbonyl (C=O) groups is 1. The fourth-order valence-corrected chi connectivity index (χ4v) is 3.46. The summed E-state index contributed by atoms with van der Waals surface area (Å²) in [6.07, 6.45) is 4.09. The molecule has 1 aliphatic carbocycles. The first-order valence-corrected chi connectivity index (χ1v) is 8.60. The largest absolute Gasteiger partial charge is 0.391 e. The maximum atomic E-state index is 12.4. The van der Waals surface area contributed by atoms with Gasteiger partial charge in [0.25, 0.3) is 0 Å². The second-order valence-electron chi connectivity index (χ2n) is 6.61. The van der Waals surface area contributed by atoms with Gasteiger partial charge in [0.1, 0.15) is 0 Å². The quantitative estimate of drug-likeness (QED) is 0.830. The summed E-state index contributed by atoms with van der Waals surface area (Å²) in [7, 11) is 2.00. The number of nitrogens with one attached hydrogen (secondary N) is 1. The number of aliphatic hydroxyl groups excluding tert-OH is 1. The van der Waals surface area contributed by atoms with Crippen molar-refractivity contribution in [3.05, 3.63) is 59.9 Å². The topological polar surface area (TPSA) is 78.4 Å². The molecule has 1 amide bonds. The average molecular weight is 340 g/mol. The molecule has 6 heteroatoms. The summed E-state index contributed by atoms with van der Waals surface area (Å²) in [5, 5.41) is 21.0. The molecule has 0 bridgehead atoms. The van der Waals surface area contributed by atoms with Crippen LogP contribution >= 0.6 is 0 Å². The van der Waals surface area contributed by atoms with E-state index in [1.807, 2.05) is 31.3 Å². The van der Waals surface area contributed by atoms with Gasteiger partial charge in [-0.2, -0.15) is 10.2 Å². The first-order chi connectivity index (χ1) is 12.1. The lowest BCUT2D eigenvalue weighted by molar-refractivity contribution is -0.128. The van der Waals surface area contributed by atoms with Crippen LogP contribution in [-0.2, 0) is 17.9 Å². The maximum absolute atomic E-state index is 12.4. The van der Waals surface area contributed by atoms with Crippen LogP contribution in [-0.4, -0.2) is 45.3 Å². The molecule has 0 aliphatic heterocycles. The molecule has 0 unspecified atom stereocenters. The highest BCUT2D eigenvalue weighted by molar-refractivity contribution is 5.79. The maximum Gasteiger partial charge on any atom is 0.226 e. The summed E-state index contributed by atoms with van der Waals surface area (Å²) >= 11 is 0. The summed E-state index contributed by atoms with van der Waals surface area (Å²) in [6, 6.07) is 12.0. The monoisotopic (exact) mass is 340 g/mol. The fraction of sp³-hybridized carbons (Fsp3) is 0.421. The van der Waals surface area contributed by atoms with E-state index in [1.54, 1.807) is 12.4 Å². The minimum absolute atomic E-state index is 0.00134. The zero-order chi connectivity index (χ0) is 17.6. The Morgan fingerprint density at radius 1 is 1.20 bits per heavy atom. The van der Waals surface area contributed by atoms with Gasteiger partial charge >= 0.3 is 0 Å². The number of hydrogen-bond donors (Lipinski definition) is 2. The predicted octanol–water partition coefficient (Wildman–Crippen LogP) is 1.36. The number of nitrogens with zero attached hydrogens (tertiary/aromatic N) is 3. The average Bonchev–Trinajstić information content (AvgIpc) is 3.03. The molecule has 6 nitrogen and oxygen atoms in total. The van der Waals surface area contributed by atoms with Gasteiger partial charge < -0.3 is 10.4 Å². The van der Waals surface area contributed by atoms with E-state index in [0.29, 0.717) is 13.0 Å². The number of rotatable bonds is 6. The summed E-state index contributed by atoms with van der Waals surface area (Å²) < 4.78 is 0. The highest BCUT2D eigenvalue weighted by Crippen LogP contribution is 2.30. The van der Waals surface area contributed by atoms with Gasteiger partial charge in [0.05, 0.1) is 18.2 Å². The smallest absolute Gasteiger partial charge is 0.226 e. The van der Waals surface area contributed by atoms with Crippen LogP contribution in [0.4, 0.5) is 0 Å². The van der Waals surface area contributed by atoms with Crippen molar-refractivity contribution in [1.29, 1.82) is 0 Å². The van der Waals surface area contributed by atoms with Crippen LogP contribution in [0, 0.1) is 5.92 Å². The van der Waals surface area contributed by atoms with Crippen LogP contribution in [0.3, 0.4) is 0 Å². The van der Waals surface area contributed by atoms with Crippen LogP contribution in [0.5, 0.6) is 0 Å². The van der Waals surface area contributed by atoms with Crippen molar-refractivity contribution in [3.63, 3.8) is 0 Å². The molecule has 1 aliphatic rings. The molecule has 3 atom stereocenters. The molecule has 25 heavy (non-hydrogen) atoms. The predicted molar refractivity (Wildman–Crippen MR) is 94.3 cm³/mol. The Labute approximate surface area is 147 Å². The third-order valence-electron chi connectivity index (χ3n) is 4.87. The zero-order valence-electron chi connectivity index (χ0n) is 14.4. The highest BCUT2D eigenvalue weighted by Gasteiger charge is 2.40. The Balaban J connectivity index is 1.53. The molecule has 3 rings (SSSR count). The standard InChI is InChI=1S/C19H24N4O2/c1-23(13-14-5-3-2-4-6-14)17-8-7-16(18(17)24)19(25)20-11-15-9-10-21-22-12-15/h2-6,9-10,12,16-18,24H,7-8,11,13H2,1H3,(H,20,25)/t16-,17-,18+/m1/s1. The number of aromatic nitrogens is 2. The van der Waals surface area contributed by atoms with E-state index in [4.69, 9.17) is 0 Å². The second kappa shape index (κ2) is 8.18. The third kappa shape index (κ3) is 4.41. The first kappa shape index (κ1) is 17.5. The first-order valence-electron chi connectivity index (χ1n) is 8.60. The Kier molecular flexibility index (Phi) is 5.73. The normalized spacial score (nSPS) is 22.9. The molecular formula is C19H24N4O2. The van der Waals surface area contributed by atoms with Crippen molar-refractivity contribution in [2.75, 3.05) is 7.05 Å². The van der Waals surface area contributed by atoms with Gasteiger partial charge in [-0.05, 0) is 37.1 Å². The van der Waals surface area contributed by atoms with Crippen molar-refractivity contribution < 1.29 is 9.90 Å². The lowest BCUT2D eigenvalue weighted by Crippen LogP contribution is -2.43. The summed E-state index contributed by atoms with van der Waals surface area (Å²) in [6.45, 7) is 1.17. The molecule has 1 aromatic carbocycles. The Hall–Kier alpha value is -2.31. The molecule has 132 valence electrons. The van der Waals surface area contributed by atoms with Crippen molar-refractivity contribution in [2.24, 2.45) is 5.92 Å². The Morgan fingerprint density at radius 3 is 2.72 bits per heavy atom. The minimum Gasteiger partial charge on any atom is -0.391 e.